The molecule has 8 nitrogen and oxygen atoms in total. The molecule has 0 aliphatic rings. The number of esters is 1. The minimum atomic E-state index is -5.24. The van der Waals surface area contributed by atoms with Crippen molar-refractivity contribution in [3.8, 4) is 0 Å². The van der Waals surface area contributed by atoms with Crippen LogP contribution in [-0.2, 0) is 31.6 Å². The number of alkyl halides is 3. The van der Waals surface area contributed by atoms with Gasteiger partial charge in [-0.25, -0.2) is 13.2 Å². The van der Waals surface area contributed by atoms with Gasteiger partial charge >= 0.3 is 12.1 Å². The molecule has 1 aromatic heterocycles. The molecule has 21 heavy (non-hydrogen) atoms. The van der Waals surface area contributed by atoms with Crippen molar-refractivity contribution in [3.63, 3.8) is 0 Å². The molecule has 1 atom stereocenters. The summed E-state index contributed by atoms with van der Waals surface area (Å²) < 4.78 is 64.7. The third-order valence-electron chi connectivity index (χ3n) is 2.34. The predicted octanol–water partition coefficient (Wildman–Crippen LogP) is -0.0616. The molecule has 2 N–H and O–H groups in total. The summed E-state index contributed by atoms with van der Waals surface area (Å²) in [5, 5.41) is 6.30. The van der Waals surface area contributed by atoms with E-state index in [0.717, 1.165) is 17.7 Å². The van der Waals surface area contributed by atoms with Gasteiger partial charge in [0.25, 0.3) is 0 Å². The quantitative estimate of drug-likeness (QED) is 0.607. The lowest BCUT2D eigenvalue weighted by Gasteiger charge is -2.24. The number of halogens is 3. The Morgan fingerprint density at radius 1 is 1.38 bits per heavy atom. The Bertz CT molecular complexity index is 650. The van der Waals surface area contributed by atoms with Crippen LogP contribution in [-0.4, -0.2) is 41.6 Å². The zero-order valence-electron chi connectivity index (χ0n) is 11.3. The molecule has 0 aliphatic carbocycles. The average Bonchev–Trinajstić information content (AvgIpc) is 2.70. The van der Waals surface area contributed by atoms with E-state index < -0.39 is 38.7 Å². The van der Waals surface area contributed by atoms with Crippen LogP contribution in [0.5, 0.6) is 0 Å². The number of hydrogen-bond donors (Lipinski definition) is 1. The Labute approximate surface area is 118 Å². The largest absolute Gasteiger partial charge is 0.491 e. The molecule has 0 aromatic carbocycles. The van der Waals surface area contributed by atoms with Crippen LogP contribution in [0.4, 0.5) is 13.2 Å². The Balaban J connectivity index is 3.27. The van der Waals surface area contributed by atoms with Crippen LogP contribution >= 0.6 is 0 Å². The summed E-state index contributed by atoms with van der Waals surface area (Å²) in [6.07, 6.45) is -4.39. The molecule has 0 amide bonds. The Hall–Kier alpha value is -1.69. The molecule has 0 bridgehead atoms. The SMILES string of the molecule is CCn1c(C(C)(N)OC(=O)C(F)(F)F)nnc1S(C)(=O)=O. The highest BCUT2D eigenvalue weighted by molar-refractivity contribution is 7.90. The fourth-order valence-electron chi connectivity index (χ4n) is 1.51. The highest BCUT2D eigenvalue weighted by Gasteiger charge is 2.46. The molecule has 1 aromatic rings. The summed E-state index contributed by atoms with van der Waals surface area (Å²) in [4.78, 5) is 10.9. The van der Waals surface area contributed by atoms with E-state index in [1.807, 2.05) is 0 Å². The summed E-state index contributed by atoms with van der Waals surface area (Å²) in [5.41, 5.74) is 3.21. The van der Waals surface area contributed by atoms with Crippen molar-refractivity contribution in [1.29, 1.82) is 0 Å². The molecule has 0 radical (unpaired) electrons. The molecule has 1 unspecified atom stereocenters. The molecule has 1 heterocycles. The molecule has 12 heteroatoms. The highest BCUT2D eigenvalue weighted by atomic mass is 32.2. The van der Waals surface area contributed by atoms with Gasteiger partial charge in [-0.1, -0.05) is 0 Å². The lowest BCUT2D eigenvalue weighted by Crippen LogP contribution is -2.44. The first-order valence-corrected chi connectivity index (χ1v) is 7.42. The number of nitrogens with two attached hydrogens (primary N) is 1. The van der Waals surface area contributed by atoms with Crippen LogP contribution in [0, 0.1) is 0 Å². The van der Waals surface area contributed by atoms with Gasteiger partial charge < -0.3 is 4.74 Å². The second-order valence-electron chi connectivity index (χ2n) is 4.32. The minimum Gasteiger partial charge on any atom is -0.430 e. The lowest BCUT2D eigenvalue weighted by atomic mass is 10.2. The van der Waals surface area contributed by atoms with Gasteiger partial charge in [0.05, 0.1) is 0 Å². The van der Waals surface area contributed by atoms with Gasteiger partial charge in [0.2, 0.25) is 20.7 Å². The zero-order chi connectivity index (χ0) is 16.6. The number of hydrogen-bond acceptors (Lipinski definition) is 7. The summed E-state index contributed by atoms with van der Waals surface area (Å²) in [6.45, 7) is 2.45. The van der Waals surface area contributed by atoms with E-state index in [4.69, 9.17) is 5.73 Å². The van der Waals surface area contributed by atoms with Crippen LogP contribution in [0.1, 0.15) is 19.7 Å². The van der Waals surface area contributed by atoms with Crippen LogP contribution in [0.3, 0.4) is 0 Å². The van der Waals surface area contributed by atoms with E-state index in [9.17, 15) is 26.4 Å². The molecule has 0 fully saturated rings. The van der Waals surface area contributed by atoms with Crippen LogP contribution in [0.25, 0.3) is 0 Å². The first kappa shape index (κ1) is 17.4. The maximum atomic E-state index is 12.2. The number of aromatic nitrogens is 3. The van der Waals surface area contributed by atoms with Crippen molar-refractivity contribution < 1.29 is 31.1 Å². The van der Waals surface area contributed by atoms with E-state index in [0.29, 0.717) is 0 Å². The maximum absolute atomic E-state index is 12.2. The highest BCUT2D eigenvalue weighted by Crippen LogP contribution is 2.25. The summed E-state index contributed by atoms with van der Waals surface area (Å²) in [6, 6.07) is 0. The Morgan fingerprint density at radius 3 is 2.29 bits per heavy atom. The van der Waals surface area contributed by atoms with Gasteiger partial charge in [-0.2, -0.15) is 13.2 Å². The van der Waals surface area contributed by atoms with Crippen LogP contribution in [0.2, 0.25) is 0 Å². The van der Waals surface area contributed by atoms with Gasteiger partial charge in [-0.3, -0.25) is 10.3 Å². The van der Waals surface area contributed by atoms with E-state index in [1.54, 1.807) is 0 Å². The van der Waals surface area contributed by atoms with Gasteiger partial charge in [-0.05, 0) is 13.8 Å². The minimum absolute atomic E-state index is 0.00109. The topological polar surface area (TPSA) is 117 Å². The van der Waals surface area contributed by atoms with E-state index in [-0.39, 0.29) is 6.54 Å². The monoisotopic (exact) mass is 330 g/mol. The Morgan fingerprint density at radius 2 is 1.90 bits per heavy atom. The molecule has 1 rings (SSSR count). The van der Waals surface area contributed by atoms with E-state index in [2.05, 4.69) is 14.9 Å². The molecule has 120 valence electrons. The third kappa shape index (κ3) is 3.69. The number of sulfone groups is 1. The van der Waals surface area contributed by atoms with Crippen molar-refractivity contribution in [1.82, 2.24) is 14.8 Å². The molecular weight excluding hydrogens is 317 g/mol. The fourth-order valence-corrected chi connectivity index (χ4v) is 2.32. The van der Waals surface area contributed by atoms with Crippen molar-refractivity contribution >= 4 is 15.8 Å². The summed E-state index contributed by atoms with van der Waals surface area (Å²) >= 11 is 0. The molecular formula is C9H13F3N4O4S. The average molecular weight is 330 g/mol. The number of rotatable bonds is 4. The van der Waals surface area contributed by atoms with Crippen LogP contribution in [0.15, 0.2) is 5.16 Å². The first-order valence-electron chi connectivity index (χ1n) is 5.53. The standard InChI is InChI=1S/C9H13F3N4O4S/c1-4-16-5(14-15-7(16)21(3,18)19)8(2,13)20-6(17)9(10,11)12/h4,13H2,1-3H3. The fraction of sp³-hybridized carbons (Fsp3) is 0.667. The molecule has 0 aliphatic heterocycles. The maximum Gasteiger partial charge on any atom is 0.491 e. The number of nitrogens with zero attached hydrogens (tertiary/aromatic N) is 3. The smallest absolute Gasteiger partial charge is 0.430 e. The van der Waals surface area contributed by atoms with E-state index in [1.165, 1.54) is 6.92 Å². The third-order valence-corrected chi connectivity index (χ3v) is 3.31. The van der Waals surface area contributed by atoms with Crippen molar-refractivity contribution in [3.05, 3.63) is 5.82 Å². The summed E-state index contributed by atoms with van der Waals surface area (Å²) in [7, 11) is -3.77. The first-order chi connectivity index (χ1) is 9.30. The second-order valence-corrected chi connectivity index (χ2v) is 6.23. The second kappa shape index (κ2) is 5.26. The van der Waals surface area contributed by atoms with E-state index >= 15 is 0 Å². The summed E-state index contributed by atoms with van der Waals surface area (Å²) in [5.74, 6) is -2.93. The van der Waals surface area contributed by atoms with Gasteiger partial charge in [0.1, 0.15) is 0 Å². The molecule has 0 saturated carbocycles. The number of carbonyl (C=O) groups is 1. The molecule has 0 spiro atoms. The normalized spacial score (nSPS) is 15.6. The molecule has 0 saturated heterocycles. The lowest BCUT2D eigenvalue weighted by molar-refractivity contribution is -0.214. The van der Waals surface area contributed by atoms with Crippen LogP contribution < -0.4 is 5.73 Å². The van der Waals surface area contributed by atoms with Crippen molar-refractivity contribution in [2.75, 3.05) is 6.26 Å². The predicted molar refractivity (Wildman–Crippen MR) is 62.5 cm³/mol. The van der Waals surface area contributed by atoms with Gasteiger partial charge in [0.15, 0.2) is 5.82 Å². The van der Waals surface area contributed by atoms with Gasteiger partial charge in [-0.15, -0.1) is 10.2 Å². The number of ether oxygens (including phenoxy) is 1. The van der Waals surface area contributed by atoms with Crippen molar-refractivity contribution in [2.45, 2.75) is 37.4 Å². The van der Waals surface area contributed by atoms with Crippen molar-refractivity contribution in [2.24, 2.45) is 5.73 Å². The van der Waals surface area contributed by atoms with Gasteiger partial charge in [0, 0.05) is 12.8 Å². The zero-order valence-corrected chi connectivity index (χ0v) is 12.1. The Kier molecular flexibility index (Phi) is 4.34. The number of carbonyl (C=O) groups excluding carboxylic acids is 1.